The summed E-state index contributed by atoms with van der Waals surface area (Å²) in [7, 11) is 0. The van der Waals surface area contributed by atoms with Gasteiger partial charge >= 0.3 is 0 Å². The van der Waals surface area contributed by atoms with E-state index in [1.165, 1.54) is 4.90 Å². The van der Waals surface area contributed by atoms with Crippen molar-refractivity contribution in [2.45, 2.75) is 117 Å². The molecule has 1 aromatic heterocycles. The predicted molar refractivity (Wildman–Crippen MR) is 209 cm³/mol. The first-order chi connectivity index (χ1) is 25.6. The molecule has 0 saturated carbocycles. The molecular formula is C41H54N6O6S. The number of hydrogen-bond acceptors (Lipinski definition) is 9. The van der Waals surface area contributed by atoms with Crippen molar-refractivity contribution in [3.05, 3.63) is 76.4 Å². The van der Waals surface area contributed by atoms with Gasteiger partial charge in [-0.1, -0.05) is 69.0 Å². The molecule has 0 spiro atoms. The average Bonchev–Trinajstić information content (AvgIpc) is 3.75. The molecule has 5 atom stereocenters. The Bertz CT molecular complexity index is 1790. The molecule has 0 unspecified atom stereocenters. The fourth-order valence-corrected chi connectivity index (χ4v) is 6.91. The fourth-order valence-electron chi connectivity index (χ4n) is 6.09. The largest absolute Gasteiger partial charge is 0.391 e. The van der Waals surface area contributed by atoms with Gasteiger partial charge in [-0.2, -0.15) is 0 Å². The smallest absolute Gasteiger partial charge is 0.246 e. The second-order valence-corrected chi connectivity index (χ2v) is 15.8. The number of rotatable bonds is 16. The molecule has 4 amide bonds. The lowest BCUT2D eigenvalue weighted by Gasteiger charge is -2.35. The number of hydrogen-bond donors (Lipinski definition) is 5. The number of primary amides is 1. The zero-order valence-corrected chi connectivity index (χ0v) is 32.7. The van der Waals surface area contributed by atoms with E-state index in [9.17, 15) is 24.3 Å². The van der Waals surface area contributed by atoms with Crippen molar-refractivity contribution in [3.63, 3.8) is 0 Å². The second-order valence-electron chi connectivity index (χ2n) is 15.0. The Kier molecular flexibility index (Phi) is 15.3. The molecule has 4 rings (SSSR count). The summed E-state index contributed by atoms with van der Waals surface area (Å²) in [6.45, 7) is 10.1. The molecule has 1 aliphatic rings. The first kappa shape index (κ1) is 42.1. The number of thiazole rings is 1. The number of benzene rings is 2. The van der Waals surface area contributed by atoms with Crippen molar-refractivity contribution in [2.24, 2.45) is 16.9 Å². The number of aromatic nitrogens is 1. The number of likely N-dealkylation sites (tertiary alicyclic amines) is 1. The molecule has 0 radical (unpaired) electrons. The second kappa shape index (κ2) is 19.6. The Labute approximate surface area is 322 Å². The molecule has 1 saturated heterocycles. The van der Waals surface area contributed by atoms with Gasteiger partial charge in [0.25, 0.3) is 0 Å². The molecule has 2 aromatic carbocycles. The van der Waals surface area contributed by atoms with E-state index < -0.39 is 29.5 Å². The van der Waals surface area contributed by atoms with Crippen molar-refractivity contribution >= 4 is 35.0 Å². The quantitative estimate of drug-likeness (QED) is 0.107. The Morgan fingerprint density at radius 2 is 1.76 bits per heavy atom. The molecule has 0 bridgehead atoms. The zero-order valence-electron chi connectivity index (χ0n) is 31.9. The summed E-state index contributed by atoms with van der Waals surface area (Å²) in [4.78, 5) is 58.1. The van der Waals surface area contributed by atoms with Crippen LogP contribution < -0.4 is 22.1 Å². The maximum Gasteiger partial charge on any atom is 0.246 e. The van der Waals surface area contributed by atoms with Gasteiger partial charge in [0.1, 0.15) is 12.1 Å². The number of nitrogens with zero attached hydrogens (tertiary/aromatic N) is 2. The van der Waals surface area contributed by atoms with E-state index in [0.29, 0.717) is 25.9 Å². The van der Waals surface area contributed by atoms with Crippen LogP contribution in [0.3, 0.4) is 0 Å². The average molecular weight is 759 g/mol. The molecule has 2 heterocycles. The Morgan fingerprint density at radius 1 is 1.07 bits per heavy atom. The first-order valence-electron chi connectivity index (χ1n) is 18.4. The van der Waals surface area contributed by atoms with Crippen LogP contribution in [-0.4, -0.2) is 75.5 Å². The summed E-state index contributed by atoms with van der Waals surface area (Å²) in [5.41, 5.74) is 17.2. The molecule has 54 heavy (non-hydrogen) atoms. The van der Waals surface area contributed by atoms with Crippen LogP contribution in [0.15, 0.2) is 54.0 Å². The molecule has 290 valence electrons. The van der Waals surface area contributed by atoms with Crippen LogP contribution in [0, 0.1) is 24.2 Å². The maximum absolute atomic E-state index is 13.9. The van der Waals surface area contributed by atoms with E-state index in [1.54, 1.807) is 11.3 Å². The van der Waals surface area contributed by atoms with Crippen LogP contribution in [0.1, 0.15) is 88.6 Å². The topological polar surface area (TPSA) is 190 Å². The normalized spacial score (nSPS) is 17.2. The van der Waals surface area contributed by atoms with Gasteiger partial charge in [-0.15, -0.1) is 11.3 Å². The molecule has 1 fully saturated rings. The number of aliphatic hydroxyl groups excluding tert-OH is 1. The van der Waals surface area contributed by atoms with E-state index in [4.69, 9.17) is 16.2 Å². The predicted octanol–water partition coefficient (Wildman–Crippen LogP) is 3.95. The highest BCUT2D eigenvalue weighted by atomic mass is 32.1. The van der Waals surface area contributed by atoms with Gasteiger partial charge < -0.3 is 36.8 Å². The van der Waals surface area contributed by atoms with Crippen LogP contribution >= 0.6 is 11.3 Å². The van der Waals surface area contributed by atoms with Gasteiger partial charge in [-0.25, -0.2) is 4.98 Å². The number of nitrogens with two attached hydrogens (primary N) is 2. The summed E-state index contributed by atoms with van der Waals surface area (Å²) in [5, 5.41) is 16.4. The minimum atomic E-state index is -0.893. The van der Waals surface area contributed by atoms with Gasteiger partial charge in [0.15, 0.2) is 0 Å². The molecule has 3 aromatic rings. The standard InChI is InChI=1S/C41H54N6O6S/c1-26-37(54-25-45-26)31-17-15-29(16-18-31)22-44-39(51)34-21-32(48)23-47(34)40(52)38(41(3,4)5)46-36(50)10-8-6-7-9-28-11-13-30(14-12-28)24-53-27(2)33(42)19-20-35(43)49/h11-18,25,27,32-34,38,48H,6,8,10,19-24,42H2,1-5H3,(H2,43,49)(H,44,51)(H,46,50)/t27-,32-,33+,34+,38-/m1/s1. The number of aliphatic hydroxyl groups is 1. The van der Waals surface area contributed by atoms with Crippen LogP contribution in [0.4, 0.5) is 0 Å². The van der Waals surface area contributed by atoms with Gasteiger partial charge in [-0.05, 0) is 60.9 Å². The summed E-state index contributed by atoms with van der Waals surface area (Å²) in [5.74, 6) is 4.81. The summed E-state index contributed by atoms with van der Waals surface area (Å²) in [6.07, 6.45) is 0.909. The first-order valence-corrected chi connectivity index (χ1v) is 19.3. The number of amides is 4. The maximum atomic E-state index is 13.9. The van der Waals surface area contributed by atoms with Crippen molar-refractivity contribution in [2.75, 3.05) is 6.54 Å². The third-order valence-corrected chi connectivity index (χ3v) is 10.4. The number of carbonyl (C=O) groups excluding carboxylic acids is 4. The third-order valence-electron chi connectivity index (χ3n) is 9.44. The zero-order chi connectivity index (χ0) is 39.4. The molecule has 12 nitrogen and oxygen atoms in total. The summed E-state index contributed by atoms with van der Waals surface area (Å²) in [6, 6.07) is 13.5. The van der Waals surface area contributed by atoms with Crippen LogP contribution in [0.2, 0.25) is 0 Å². The van der Waals surface area contributed by atoms with Crippen LogP contribution in [0.5, 0.6) is 0 Å². The minimum Gasteiger partial charge on any atom is -0.391 e. The van der Waals surface area contributed by atoms with E-state index in [2.05, 4.69) is 27.5 Å². The lowest BCUT2D eigenvalue weighted by molar-refractivity contribution is -0.144. The number of β-amino-alcohol motifs (C(OH)–C–C–N with tert-alkyl or cyclic N) is 1. The molecule has 7 N–H and O–H groups in total. The Balaban J connectivity index is 1.24. The number of unbranched alkanes of at least 4 members (excludes halogenated alkanes) is 1. The highest BCUT2D eigenvalue weighted by Gasteiger charge is 2.44. The highest BCUT2D eigenvalue weighted by Crippen LogP contribution is 2.28. The Hall–Kier alpha value is -4.61. The summed E-state index contributed by atoms with van der Waals surface area (Å²) >= 11 is 1.58. The van der Waals surface area contributed by atoms with E-state index in [1.807, 2.05) is 88.7 Å². The third kappa shape index (κ3) is 12.5. The van der Waals surface area contributed by atoms with Gasteiger partial charge in [0, 0.05) is 50.4 Å². The summed E-state index contributed by atoms with van der Waals surface area (Å²) < 4.78 is 5.84. The lowest BCUT2D eigenvalue weighted by atomic mass is 9.85. The SMILES string of the molecule is Cc1ncsc1-c1ccc(CNC(=O)[C@@H]2C[C@@H](O)CN2C(=O)[C@@H](NC(=O)CCCC#Cc2ccc(CO[C@H](C)[C@@H](N)CCC(N)=O)cc2)C(C)(C)C)cc1. The van der Waals surface area contributed by atoms with Gasteiger partial charge in [0.05, 0.1) is 34.9 Å². The van der Waals surface area contributed by atoms with Crippen molar-refractivity contribution in [1.29, 1.82) is 0 Å². The number of ether oxygens (including phenoxy) is 1. The van der Waals surface area contributed by atoms with Crippen molar-refractivity contribution in [3.8, 4) is 22.3 Å². The lowest BCUT2D eigenvalue weighted by Crippen LogP contribution is -2.57. The van der Waals surface area contributed by atoms with Crippen LogP contribution in [-0.2, 0) is 37.1 Å². The molecule has 13 heteroatoms. The number of nitrogens with one attached hydrogen (secondary N) is 2. The van der Waals surface area contributed by atoms with Gasteiger partial charge in [-0.3, -0.25) is 19.2 Å². The molecular weight excluding hydrogens is 705 g/mol. The number of carbonyl (C=O) groups is 4. The number of aryl methyl sites for hydroxylation is 1. The molecule has 1 aliphatic heterocycles. The van der Waals surface area contributed by atoms with Gasteiger partial charge in [0.2, 0.25) is 23.6 Å². The van der Waals surface area contributed by atoms with E-state index >= 15 is 0 Å². The van der Waals surface area contributed by atoms with Crippen molar-refractivity contribution < 1.29 is 29.0 Å². The Morgan fingerprint density at radius 3 is 2.39 bits per heavy atom. The van der Waals surface area contributed by atoms with E-state index in [-0.39, 0.29) is 62.2 Å². The monoisotopic (exact) mass is 758 g/mol. The minimum absolute atomic E-state index is 0.0115. The fraction of sp³-hybridized carbons (Fsp3) is 0.488. The van der Waals surface area contributed by atoms with E-state index in [0.717, 1.165) is 32.8 Å². The molecule has 0 aliphatic carbocycles. The van der Waals surface area contributed by atoms with Crippen LogP contribution in [0.25, 0.3) is 10.4 Å². The van der Waals surface area contributed by atoms with Crippen molar-refractivity contribution in [1.82, 2.24) is 20.5 Å². The highest BCUT2D eigenvalue weighted by molar-refractivity contribution is 7.13.